The van der Waals surface area contributed by atoms with E-state index in [0.29, 0.717) is 10.8 Å². The Kier molecular flexibility index (Phi) is 3.38. The van der Waals surface area contributed by atoms with Crippen molar-refractivity contribution in [1.82, 2.24) is 0 Å². The molecule has 0 saturated carbocycles. The summed E-state index contributed by atoms with van der Waals surface area (Å²) in [7, 11) is 1.59. The molecule has 2 nitrogen and oxygen atoms in total. The standard InChI is InChI=1S/C12H15ClO2S/c1-8-12(14,5-6-16-8)9-3-4-10(13)11(7-9)15-2/h3-4,7-8,14H,5-6H2,1-2H3. The summed E-state index contributed by atoms with van der Waals surface area (Å²) in [6, 6.07) is 5.50. The fraction of sp³-hybridized carbons (Fsp3) is 0.500. The van der Waals surface area contributed by atoms with Crippen LogP contribution in [0.15, 0.2) is 18.2 Å². The van der Waals surface area contributed by atoms with Crippen molar-refractivity contribution in [3.8, 4) is 5.75 Å². The minimum atomic E-state index is -0.747. The first-order valence-corrected chi connectivity index (χ1v) is 6.68. The number of hydrogen-bond donors (Lipinski definition) is 1. The van der Waals surface area contributed by atoms with Crippen molar-refractivity contribution in [2.45, 2.75) is 24.2 Å². The molecule has 0 aliphatic carbocycles. The Morgan fingerprint density at radius 2 is 2.31 bits per heavy atom. The molecule has 16 heavy (non-hydrogen) atoms. The van der Waals surface area contributed by atoms with E-state index in [4.69, 9.17) is 16.3 Å². The van der Waals surface area contributed by atoms with Crippen LogP contribution in [0, 0.1) is 0 Å². The average molecular weight is 259 g/mol. The Morgan fingerprint density at radius 1 is 1.56 bits per heavy atom. The van der Waals surface area contributed by atoms with Crippen LogP contribution in [-0.2, 0) is 5.60 Å². The van der Waals surface area contributed by atoms with E-state index in [1.807, 2.05) is 12.1 Å². The van der Waals surface area contributed by atoms with E-state index in [9.17, 15) is 5.11 Å². The van der Waals surface area contributed by atoms with Gasteiger partial charge in [0.15, 0.2) is 0 Å². The van der Waals surface area contributed by atoms with E-state index in [1.165, 1.54) is 0 Å². The number of thioether (sulfide) groups is 1. The van der Waals surface area contributed by atoms with E-state index in [2.05, 4.69) is 6.92 Å². The number of hydrogen-bond acceptors (Lipinski definition) is 3. The number of benzene rings is 1. The monoisotopic (exact) mass is 258 g/mol. The number of ether oxygens (including phenoxy) is 1. The molecular weight excluding hydrogens is 244 g/mol. The lowest BCUT2D eigenvalue weighted by molar-refractivity contribution is 0.0425. The van der Waals surface area contributed by atoms with Crippen molar-refractivity contribution in [1.29, 1.82) is 0 Å². The van der Waals surface area contributed by atoms with E-state index in [-0.39, 0.29) is 5.25 Å². The first-order chi connectivity index (χ1) is 7.58. The van der Waals surface area contributed by atoms with E-state index in [1.54, 1.807) is 24.9 Å². The predicted octanol–water partition coefficient (Wildman–Crippen LogP) is 3.06. The van der Waals surface area contributed by atoms with Crippen molar-refractivity contribution in [3.05, 3.63) is 28.8 Å². The van der Waals surface area contributed by atoms with Gasteiger partial charge in [0.1, 0.15) is 11.4 Å². The smallest absolute Gasteiger partial charge is 0.137 e. The second-order valence-corrected chi connectivity index (χ2v) is 5.89. The van der Waals surface area contributed by atoms with Gasteiger partial charge in [-0.25, -0.2) is 0 Å². The minimum Gasteiger partial charge on any atom is -0.495 e. The van der Waals surface area contributed by atoms with Crippen LogP contribution in [0.5, 0.6) is 5.75 Å². The molecule has 1 aliphatic heterocycles. The van der Waals surface area contributed by atoms with Crippen molar-refractivity contribution in [2.75, 3.05) is 12.9 Å². The largest absolute Gasteiger partial charge is 0.495 e. The van der Waals surface area contributed by atoms with Crippen molar-refractivity contribution in [3.63, 3.8) is 0 Å². The first-order valence-electron chi connectivity index (χ1n) is 5.26. The lowest BCUT2D eigenvalue weighted by Crippen LogP contribution is -2.31. The molecule has 0 aromatic heterocycles. The van der Waals surface area contributed by atoms with Gasteiger partial charge in [0.2, 0.25) is 0 Å². The summed E-state index contributed by atoms with van der Waals surface area (Å²) in [6.45, 7) is 2.05. The summed E-state index contributed by atoms with van der Waals surface area (Å²) >= 11 is 7.77. The van der Waals surface area contributed by atoms with Gasteiger partial charge in [-0.15, -0.1) is 0 Å². The quantitative estimate of drug-likeness (QED) is 0.884. The molecule has 1 aliphatic rings. The zero-order valence-corrected chi connectivity index (χ0v) is 10.9. The molecule has 1 fully saturated rings. The maximum Gasteiger partial charge on any atom is 0.137 e. The van der Waals surface area contributed by atoms with Gasteiger partial charge in [0.05, 0.1) is 12.1 Å². The van der Waals surface area contributed by atoms with Crippen molar-refractivity contribution in [2.24, 2.45) is 0 Å². The van der Waals surface area contributed by atoms with Gasteiger partial charge in [-0.1, -0.05) is 24.6 Å². The molecule has 1 aromatic rings. The predicted molar refractivity (Wildman–Crippen MR) is 68.4 cm³/mol. The van der Waals surface area contributed by atoms with Crippen LogP contribution in [-0.4, -0.2) is 23.2 Å². The minimum absolute atomic E-state index is 0.207. The number of aliphatic hydroxyl groups is 1. The topological polar surface area (TPSA) is 29.5 Å². The SMILES string of the molecule is COc1cc(C2(O)CCSC2C)ccc1Cl. The summed E-state index contributed by atoms with van der Waals surface area (Å²) in [4.78, 5) is 0. The number of rotatable bonds is 2. The average Bonchev–Trinajstić information content (AvgIpc) is 2.61. The third-order valence-electron chi connectivity index (χ3n) is 3.17. The zero-order chi connectivity index (χ0) is 11.8. The first kappa shape index (κ1) is 12.1. The molecule has 1 saturated heterocycles. The van der Waals surface area contributed by atoms with Crippen LogP contribution < -0.4 is 4.74 Å². The van der Waals surface area contributed by atoms with Gasteiger partial charge >= 0.3 is 0 Å². The third-order valence-corrected chi connectivity index (χ3v) is 4.82. The van der Waals surface area contributed by atoms with E-state index >= 15 is 0 Å². The molecule has 2 atom stereocenters. The molecule has 1 heterocycles. The third kappa shape index (κ3) is 1.92. The van der Waals surface area contributed by atoms with Crippen LogP contribution in [0.25, 0.3) is 0 Å². The Hall–Kier alpha value is -0.380. The Morgan fingerprint density at radius 3 is 2.88 bits per heavy atom. The molecule has 0 radical (unpaired) electrons. The number of halogens is 1. The molecule has 0 bridgehead atoms. The molecule has 1 N–H and O–H groups in total. The van der Waals surface area contributed by atoms with Crippen LogP contribution in [0.2, 0.25) is 5.02 Å². The fourth-order valence-electron chi connectivity index (χ4n) is 2.04. The summed E-state index contributed by atoms with van der Waals surface area (Å²) < 4.78 is 5.18. The Bertz CT molecular complexity index is 397. The highest BCUT2D eigenvalue weighted by Crippen LogP contribution is 2.44. The highest BCUT2D eigenvalue weighted by molar-refractivity contribution is 8.00. The number of methoxy groups -OCH3 is 1. The van der Waals surface area contributed by atoms with Crippen LogP contribution in [0.1, 0.15) is 18.9 Å². The molecule has 1 aromatic carbocycles. The highest BCUT2D eigenvalue weighted by Gasteiger charge is 2.40. The molecule has 0 amide bonds. The molecular formula is C12H15ClO2S. The van der Waals surface area contributed by atoms with E-state index in [0.717, 1.165) is 17.7 Å². The summed E-state index contributed by atoms with van der Waals surface area (Å²) in [6.07, 6.45) is 0.781. The second kappa shape index (κ2) is 4.47. The van der Waals surface area contributed by atoms with Crippen molar-refractivity contribution < 1.29 is 9.84 Å². The molecule has 2 unspecified atom stereocenters. The lowest BCUT2D eigenvalue weighted by atomic mass is 9.88. The Labute approximate surface area is 105 Å². The van der Waals surface area contributed by atoms with Gasteiger partial charge in [-0.3, -0.25) is 0 Å². The van der Waals surface area contributed by atoms with Gasteiger partial charge in [-0.05, 0) is 29.9 Å². The fourth-order valence-corrected chi connectivity index (χ4v) is 3.55. The molecule has 2 rings (SSSR count). The highest BCUT2D eigenvalue weighted by atomic mass is 35.5. The lowest BCUT2D eigenvalue weighted by Gasteiger charge is -2.27. The van der Waals surface area contributed by atoms with Gasteiger partial charge in [0, 0.05) is 5.25 Å². The molecule has 0 spiro atoms. The van der Waals surface area contributed by atoms with Crippen LogP contribution in [0.3, 0.4) is 0 Å². The summed E-state index contributed by atoms with van der Waals surface area (Å²) in [5, 5.41) is 11.4. The summed E-state index contributed by atoms with van der Waals surface area (Å²) in [5.74, 6) is 1.61. The van der Waals surface area contributed by atoms with Crippen LogP contribution >= 0.6 is 23.4 Å². The van der Waals surface area contributed by atoms with Crippen LogP contribution in [0.4, 0.5) is 0 Å². The zero-order valence-electron chi connectivity index (χ0n) is 9.37. The van der Waals surface area contributed by atoms with Crippen molar-refractivity contribution >= 4 is 23.4 Å². The normalized spacial score (nSPS) is 29.4. The molecule has 4 heteroatoms. The maximum atomic E-state index is 10.6. The second-order valence-electron chi connectivity index (χ2n) is 4.04. The molecule has 88 valence electrons. The van der Waals surface area contributed by atoms with Gasteiger partial charge < -0.3 is 9.84 Å². The van der Waals surface area contributed by atoms with Gasteiger partial charge in [-0.2, -0.15) is 11.8 Å². The summed E-state index contributed by atoms with van der Waals surface area (Å²) in [5.41, 5.74) is 0.147. The maximum absolute atomic E-state index is 10.6. The van der Waals surface area contributed by atoms with Gasteiger partial charge in [0.25, 0.3) is 0 Å². The van der Waals surface area contributed by atoms with E-state index < -0.39 is 5.60 Å². The Balaban J connectivity index is 2.40.